The number of nitrogens with zero attached hydrogens (tertiary/aromatic N) is 3. The van der Waals surface area contributed by atoms with E-state index in [1.165, 1.54) is 24.3 Å². The predicted molar refractivity (Wildman–Crippen MR) is 138 cm³/mol. The first kappa shape index (κ1) is 29.9. The van der Waals surface area contributed by atoms with E-state index in [1.54, 1.807) is 62.3 Å². The van der Waals surface area contributed by atoms with E-state index in [-0.39, 0.29) is 21.6 Å². The topological polar surface area (TPSA) is 141 Å². The Balaban J connectivity index is 2.69. The van der Waals surface area contributed by atoms with Gasteiger partial charge >= 0.3 is 18.3 Å². The molecule has 1 atom stereocenters. The zero-order chi connectivity index (χ0) is 28.5. The molecule has 0 spiro atoms. The molecule has 0 saturated heterocycles. The van der Waals surface area contributed by atoms with Gasteiger partial charge in [-0.05, 0) is 78.2 Å². The number of nitro groups is 1. The highest BCUT2D eigenvalue weighted by atomic mass is 79.9. The highest BCUT2D eigenvalue weighted by molar-refractivity contribution is 9.11. The Kier molecular flexibility index (Phi) is 8.53. The molecule has 0 saturated carbocycles. The van der Waals surface area contributed by atoms with Crippen molar-refractivity contribution in [3.8, 4) is 0 Å². The second-order valence-electron chi connectivity index (χ2n) is 11.2. The third-order valence-electron chi connectivity index (χ3n) is 4.29. The number of halogens is 1. The smallest absolute Gasteiger partial charge is 0.423 e. The minimum absolute atomic E-state index is 0.0973. The van der Waals surface area contributed by atoms with Crippen LogP contribution in [0.1, 0.15) is 67.9 Å². The van der Waals surface area contributed by atoms with Gasteiger partial charge in [-0.3, -0.25) is 10.1 Å². The lowest BCUT2D eigenvalue weighted by atomic mass is 10.1. The molecule has 1 aromatic carbocycles. The van der Waals surface area contributed by atoms with Crippen molar-refractivity contribution in [2.24, 2.45) is 0 Å². The minimum Gasteiger partial charge on any atom is -0.443 e. The standard InChI is InChI=1S/C24H33BrN4O8/c1-22(2,3)35-19(30)27-16(14-11-10-12-15(13-14)29(33)34)17(25)26-18(27)28(20(31)36-23(4,5)6)21(32)37-24(7,8)9/h10-13,18,26H,1-9H3. The van der Waals surface area contributed by atoms with Gasteiger partial charge in [0.25, 0.3) is 5.69 Å². The Labute approximate surface area is 224 Å². The number of hydrogen-bond donors (Lipinski definition) is 1. The Bertz CT molecular complexity index is 1090. The number of nitrogens with one attached hydrogen (secondary N) is 1. The van der Waals surface area contributed by atoms with Gasteiger partial charge in [0.15, 0.2) is 0 Å². The van der Waals surface area contributed by atoms with E-state index >= 15 is 0 Å². The van der Waals surface area contributed by atoms with Gasteiger partial charge in [-0.15, -0.1) is 0 Å². The zero-order valence-corrected chi connectivity index (χ0v) is 24.0. The number of benzene rings is 1. The number of hydrogen-bond acceptors (Lipinski definition) is 9. The normalized spacial score (nSPS) is 16.2. The average molecular weight is 585 g/mol. The van der Waals surface area contributed by atoms with Crippen molar-refractivity contribution in [1.29, 1.82) is 0 Å². The molecule has 0 bridgehead atoms. The summed E-state index contributed by atoms with van der Waals surface area (Å²) in [6, 6.07) is 5.53. The highest BCUT2D eigenvalue weighted by Gasteiger charge is 2.48. The van der Waals surface area contributed by atoms with Crippen LogP contribution in [0.15, 0.2) is 28.9 Å². The third kappa shape index (κ3) is 8.07. The van der Waals surface area contributed by atoms with Crippen molar-refractivity contribution in [3.63, 3.8) is 0 Å². The van der Waals surface area contributed by atoms with Crippen LogP contribution < -0.4 is 5.32 Å². The first-order chi connectivity index (χ1) is 16.7. The molecule has 1 unspecified atom stereocenters. The van der Waals surface area contributed by atoms with Gasteiger partial charge in [0, 0.05) is 17.7 Å². The van der Waals surface area contributed by atoms with Crippen LogP contribution in [0, 0.1) is 10.1 Å². The van der Waals surface area contributed by atoms with Gasteiger partial charge in [-0.2, -0.15) is 4.90 Å². The van der Waals surface area contributed by atoms with Crippen LogP contribution in [-0.4, -0.2) is 56.1 Å². The fraction of sp³-hybridized carbons (Fsp3) is 0.542. The molecule has 1 heterocycles. The first-order valence-electron chi connectivity index (χ1n) is 11.4. The van der Waals surface area contributed by atoms with Crippen LogP contribution in [0.3, 0.4) is 0 Å². The van der Waals surface area contributed by atoms with E-state index in [0.29, 0.717) is 4.90 Å². The highest BCUT2D eigenvalue weighted by Crippen LogP contribution is 2.37. The minimum atomic E-state index is -1.50. The number of nitro benzene ring substituents is 1. The lowest BCUT2D eigenvalue weighted by molar-refractivity contribution is -0.384. The monoisotopic (exact) mass is 584 g/mol. The van der Waals surface area contributed by atoms with Crippen LogP contribution in [0.25, 0.3) is 5.70 Å². The molecule has 1 N–H and O–H groups in total. The van der Waals surface area contributed by atoms with Crippen LogP contribution >= 0.6 is 15.9 Å². The van der Waals surface area contributed by atoms with Crippen molar-refractivity contribution < 1.29 is 33.5 Å². The lowest BCUT2D eigenvalue weighted by Crippen LogP contribution is -2.59. The van der Waals surface area contributed by atoms with Crippen molar-refractivity contribution in [3.05, 3.63) is 44.5 Å². The summed E-state index contributed by atoms with van der Waals surface area (Å²) in [6.45, 7) is 14.7. The second kappa shape index (κ2) is 10.6. The summed E-state index contributed by atoms with van der Waals surface area (Å²) in [4.78, 5) is 52.5. The van der Waals surface area contributed by atoms with Crippen LogP contribution in [0.2, 0.25) is 0 Å². The summed E-state index contributed by atoms with van der Waals surface area (Å²) in [5.41, 5.74) is -2.81. The SMILES string of the molecule is CC(C)(C)OC(=O)N(C(=O)OC(C)(C)C)C1NC(Br)=C(c2cccc([N+](=O)[O-])c2)N1C(=O)OC(C)(C)C. The molecule has 0 radical (unpaired) electrons. The molecule has 1 aromatic rings. The number of carbonyl (C=O) groups excluding carboxylic acids is 3. The Morgan fingerprint density at radius 1 is 0.946 bits per heavy atom. The van der Waals surface area contributed by atoms with Gasteiger partial charge in [-0.25, -0.2) is 19.3 Å². The van der Waals surface area contributed by atoms with Crippen molar-refractivity contribution >= 4 is 45.6 Å². The molecule has 204 valence electrons. The average Bonchev–Trinajstić information content (AvgIpc) is 3.00. The Hall–Kier alpha value is -3.35. The number of imide groups is 1. The fourth-order valence-electron chi connectivity index (χ4n) is 3.09. The van der Waals surface area contributed by atoms with E-state index in [1.807, 2.05) is 0 Å². The summed E-state index contributed by atoms with van der Waals surface area (Å²) in [5, 5.41) is 14.3. The number of rotatable bonds is 3. The van der Waals surface area contributed by atoms with E-state index in [2.05, 4.69) is 21.2 Å². The molecular formula is C24H33BrN4O8. The van der Waals surface area contributed by atoms with Crippen LogP contribution in [0.5, 0.6) is 0 Å². The summed E-state index contributed by atoms with van der Waals surface area (Å²) in [6.07, 6.45) is -4.61. The number of non-ortho nitro benzene ring substituents is 1. The maximum Gasteiger partial charge on any atom is 0.423 e. The molecule has 1 aliphatic rings. The van der Waals surface area contributed by atoms with Gasteiger partial charge < -0.3 is 19.5 Å². The summed E-state index contributed by atoms with van der Waals surface area (Å²) in [5.74, 6) is 0. The third-order valence-corrected chi connectivity index (χ3v) is 4.90. The quantitative estimate of drug-likeness (QED) is 0.198. The number of amides is 3. The van der Waals surface area contributed by atoms with Crippen molar-refractivity contribution in [2.75, 3.05) is 0 Å². The number of carbonyl (C=O) groups is 3. The number of ether oxygens (including phenoxy) is 3. The molecule has 0 aromatic heterocycles. The van der Waals surface area contributed by atoms with Crippen LogP contribution in [0.4, 0.5) is 20.1 Å². The molecule has 3 amide bonds. The Morgan fingerprint density at radius 2 is 1.43 bits per heavy atom. The molecule has 0 fully saturated rings. The molecular weight excluding hydrogens is 552 g/mol. The Morgan fingerprint density at radius 3 is 1.86 bits per heavy atom. The largest absolute Gasteiger partial charge is 0.443 e. The molecule has 0 aliphatic carbocycles. The van der Waals surface area contributed by atoms with E-state index in [9.17, 15) is 24.5 Å². The first-order valence-corrected chi connectivity index (χ1v) is 12.2. The summed E-state index contributed by atoms with van der Waals surface area (Å²) < 4.78 is 16.6. The zero-order valence-electron chi connectivity index (χ0n) is 22.4. The molecule has 2 rings (SSSR count). The molecule has 12 nitrogen and oxygen atoms in total. The second-order valence-corrected chi connectivity index (χ2v) is 12.0. The fourth-order valence-corrected chi connectivity index (χ4v) is 3.71. The predicted octanol–water partition coefficient (Wildman–Crippen LogP) is 5.91. The molecule has 37 heavy (non-hydrogen) atoms. The maximum absolute atomic E-state index is 13.5. The van der Waals surface area contributed by atoms with Crippen molar-refractivity contribution in [2.45, 2.75) is 85.4 Å². The van der Waals surface area contributed by atoms with E-state index < -0.39 is 46.3 Å². The van der Waals surface area contributed by atoms with E-state index in [0.717, 1.165) is 4.90 Å². The van der Waals surface area contributed by atoms with E-state index in [4.69, 9.17) is 14.2 Å². The lowest BCUT2D eigenvalue weighted by Gasteiger charge is -2.36. The van der Waals surface area contributed by atoms with Gasteiger partial charge in [-0.1, -0.05) is 12.1 Å². The van der Waals surface area contributed by atoms with Gasteiger partial charge in [0.05, 0.1) is 10.6 Å². The summed E-state index contributed by atoms with van der Waals surface area (Å²) >= 11 is 3.34. The maximum atomic E-state index is 13.5. The summed E-state index contributed by atoms with van der Waals surface area (Å²) in [7, 11) is 0. The van der Waals surface area contributed by atoms with Crippen molar-refractivity contribution in [1.82, 2.24) is 15.1 Å². The van der Waals surface area contributed by atoms with Crippen LogP contribution in [-0.2, 0) is 14.2 Å². The molecule has 13 heteroatoms. The van der Waals surface area contributed by atoms with Gasteiger partial charge in [0.2, 0.25) is 6.29 Å². The van der Waals surface area contributed by atoms with Gasteiger partial charge in [0.1, 0.15) is 21.4 Å². The molecule has 1 aliphatic heterocycles.